The van der Waals surface area contributed by atoms with Gasteiger partial charge in [0.2, 0.25) is 0 Å². The maximum absolute atomic E-state index is 2.25. The van der Waals surface area contributed by atoms with Gasteiger partial charge in [0.25, 0.3) is 0 Å². The van der Waals surface area contributed by atoms with Crippen molar-refractivity contribution < 1.29 is 0 Å². The molecule has 2 rings (SSSR count). The predicted octanol–water partition coefficient (Wildman–Crippen LogP) is 6.29. The van der Waals surface area contributed by atoms with E-state index in [0.717, 1.165) is 6.42 Å². The Balaban J connectivity index is 0.000000219. The number of benzene rings is 2. The van der Waals surface area contributed by atoms with Crippen LogP contribution in [0.25, 0.3) is 0 Å². The number of aryl methyl sites for hydroxylation is 4. The summed E-state index contributed by atoms with van der Waals surface area (Å²) in [6, 6.07) is 17.5. The Kier molecular flexibility index (Phi) is 8.50. The highest BCUT2D eigenvalue weighted by Gasteiger charge is 1.91. The summed E-state index contributed by atoms with van der Waals surface area (Å²) in [6.07, 6.45) is 6.38. The molecule has 0 saturated carbocycles. The van der Waals surface area contributed by atoms with Gasteiger partial charge < -0.3 is 0 Å². The molecule has 0 fully saturated rings. The van der Waals surface area contributed by atoms with Gasteiger partial charge in [0.1, 0.15) is 0 Å². The van der Waals surface area contributed by atoms with Crippen LogP contribution in [0.4, 0.5) is 0 Å². The molecule has 2 aromatic rings. The van der Waals surface area contributed by atoms with Crippen LogP contribution in [0.5, 0.6) is 0 Å². The molecule has 0 aliphatic rings. The molecule has 0 bridgehead atoms. The third-order valence-corrected chi connectivity index (χ3v) is 3.72. The van der Waals surface area contributed by atoms with Crippen LogP contribution in [-0.2, 0) is 12.8 Å². The van der Waals surface area contributed by atoms with E-state index in [-0.39, 0.29) is 0 Å². The second kappa shape index (κ2) is 10.2. The lowest BCUT2D eigenvalue weighted by Gasteiger charge is -2.00. The smallest absolute Gasteiger partial charge is 0.0279 e. The molecule has 0 amide bonds. The molecule has 114 valence electrons. The highest BCUT2D eigenvalue weighted by atomic mass is 14.0. The molecular formula is C21H30. The molecule has 0 N–H and O–H groups in total. The lowest BCUT2D eigenvalue weighted by atomic mass is 10.1. The minimum Gasteiger partial charge on any atom is -0.0654 e. The number of unbranched alkanes of at least 4 members (excludes halogenated alkanes) is 2. The van der Waals surface area contributed by atoms with Crippen molar-refractivity contribution in [2.24, 2.45) is 0 Å². The van der Waals surface area contributed by atoms with E-state index < -0.39 is 0 Å². The standard InChI is InChI=1S/C12H18.C9H12/c1-3-4-5-6-12-9-7-11(2)8-10-12;1-3-9-6-4-8(2)5-7-9/h7-10H,3-6H2,1-2H3;4-7H,3H2,1-2H3. The number of hydrogen-bond donors (Lipinski definition) is 0. The van der Waals surface area contributed by atoms with Gasteiger partial charge in [-0.05, 0) is 44.2 Å². The Morgan fingerprint density at radius 3 is 1.52 bits per heavy atom. The average Bonchev–Trinajstić information content (AvgIpc) is 2.51. The first kappa shape index (κ1) is 17.5. The monoisotopic (exact) mass is 282 g/mol. The minimum atomic E-state index is 1.14. The van der Waals surface area contributed by atoms with E-state index in [0.29, 0.717) is 0 Å². The van der Waals surface area contributed by atoms with Gasteiger partial charge in [-0.2, -0.15) is 0 Å². The van der Waals surface area contributed by atoms with Crippen molar-refractivity contribution in [3.63, 3.8) is 0 Å². The molecule has 0 heteroatoms. The van der Waals surface area contributed by atoms with E-state index in [1.165, 1.54) is 47.9 Å². The number of hydrogen-bond acceptors (Lipinski definition) is 0. The summed E-state index contributed by atoms with van der Waals surface area (Å²) in [4.78, 5) is 0. The molecule has 2 aromatic carbocycles. The molecule has 0 atom stereocenters. The average molecular weight is 282 g/mol. The van der Waals surface area contributed by atoms with Crippen molar-refractivity contribution in [1.82, 2.24) is 0 Å². The van der Waals surface area contributed by atoms with Gasteiger partial charge in [0.15, 0.2) is 0 Å². The van der Waals surface area contributed by atoms with E-state index in [1.807, 2.05) is 0 Å². The van der Waals surface area contributed by atoms with Crippen LogP contribution in [0.3, 0.4) is 0 Å². The van der Waals surface area contributed by atoms with Crippen molar-refractivity contribution in [3.8, 4) is 0 Å². The highest BCUT2D eigenvalue weighted by molar-refractivity contribution is 5.21. The summed E-state index contributed by atoms with van der Waals surface area (Å²) in [5.74, 6) is 0. The number of rotatable bonds is 5. The van der Waals surface area contributed by atoms with Gasteiger partial charge in [0.05, 0.1) is 0 Å². The van der Waals surface area contributed by atoms with Crippen molar-refractivity contribution in [2.75, 3.05) is 0 Å². The van der Waals surface area contributed by atoms with Crippen LogP contribution < -0.4 is 0 Å². The van der Waals surface area contributed by atoms with Crippen molar-refractivity contribution >= 4 is 0 Å². The van der Waals surface area contributed by atoms with Gasteiger partial charge in [0, 0.05) is 0 Å². The summed E-state index contributed by atoms with van der Waals surface area (Å²) < 4.78 is 0. The first-order valence-electron chi connectivity index (χ1n) is 8.26. The van der Waals surface area contributed by atoms with Gasteiger partial charge in [-0.15, -0.1) is 0 Å². The van der Waals surface area contributed by atoms with Crippen molar-refractivity contribution in [1.29, 1.82) is 0 Å². The third-order valence-electron chi connectivity index (χ3n) is 3.72. The Morgan fingerprint density at radius 1 is 0.619 bits per heavy atom. The zero-order valence-corrected chi connectivity index (χ0v) is 14.2. The normalized spacial score (nSPS) is 9.90. The largest absolute Gasteiger partial charge is 0.0654 e. The fourth-order valence-electron chi connectivity index (χ4n) is 2.16. The highest BCUT2D eigenvalue weighted by Crippen LogP contribution is 2.07. The molecule has 0 heterocycles. The molecule has 0 radical (unpaired) electrons. The fraction of sp³-hybridized carbons (Fsp3) is 0.429. The van der Waals surface area contributed by atoms with Gasteiger partial charge in [-0.25, -0.2) is 0 Å². The van der Waals surface area contributed by atoms with Crippen LogP contribution >= 0.6 is 0 Å². The van der Waals surface area contributed by atoms with Crippen molar-refractivity contribution in [3.05, 3.63) is 70.8 Å². The molecule has 0 aliphatic heterocycles. The molecule has 21 heavy (non-hydrogen) atoms. The van der Waals surface area contributed by atoms with E-state index in [4.69, 9.17) is 0 Å². The Hall–Kier alpha value is -1.56. The predicted molar refractivity (Wildman–Crippen MR) is 95.0 cm³/mol. The topological polar surface area (TPSA) is 0 Å². The van der Waals surface area contributed by atoms with E-state index in [9.17, 15) is 0 Å². The SMILES string of the molecule is CCCCCc1ccc(C)cc1.CCc1ccc(C)cc1. The Bertz CT molecular complexity index is 476. The fourth-order valence-corrected chi connectivity index (χ4v) is 2.16. The van der Waals surface area contributed by atoms with Gasteiger partial charge in [-0.1, -0.05) is 86.3 Å². The molecular weight excluding hydrogens is 252 g/mol. The second-order valence-electron chi connectivity index (χ2n) is 5.78. The maximum Gasteiger partial charge on any atom is -0.0279 e. The molecule has 0 spiro atoms. The summed E-state index contributed by atoms with van der Waals surface area (Å²) in [5, 5.41) is 0. The van der Waals surface area contributed by atoms with E-state index in [1.54, 1.807) is 0 Å². The molecule has 0 nitrogen and oxygen atoms in total. The first-order valence-corrected chi connectivity index (χ1v) is 8.26. The summed E-state index contributed by atoms with van der Waals surface area (Å²) in [5.41, 5.74) is 5.59. The zero-order valence-electron chi connectivity index (χ0n) is 14.2. The van der Waals surface area contributed by atoms with E-state index in [2.05, 4.69) is 76.2 Å². The van der Waals surface area contributed by atoms with Crippen LogP contribution in [0.1, 0.15) is 55.4 Å². The van der Waals surface area contributed by atoms with Crippen LogP contribution in [0.2, 0.25) is 0 Å². The van der Waals surface area contributed by atoms with Crippen LogP contribution in [0, 0.1) is 13.8 Å². The maximum atomic E-state index is 2.25. The van der Waals surface area contributed by atoms with E-state index >= 15 is 0 Å². The molecule has 0 aliphatic carbocycles. The molecule has 0 aromatic heterocycles. The quantitative estimate of drug-likeness (QED) is 0.566. The summed E-state index contributed by atoms with van der Waals surface area (Å²) in [6.45, 7) is 8.66. The summed E-state index contributed by atoms with van der Waals surface area (Å²) >= 11 is 0. The Morgan fingerprint density at radius 2 is 1.10 bits per heavy atom. The van der Waals surface area contributed by atoms with Crippen molar-refractivity contribution in [2.45, 2.75) is 59.8 Å². The third kappa shape index (κ3) is 7.70. The molecule has 0 unspecified atom stereocenters. The minimum absolute atomic E-state index is 1.14. The van der Waals surface area contributed by atoms with Gasteiger partial charge >= 0.3 is 0 Å². The first-order chi connectivity index (χ1) is 10.2. The van der Waals surface area contributed by atoms with Crippen LogP contribution in [-0.4, -0.2) is 0 Å². The zero-order chi connectivity index (χ0) is 15.5. The summed E-state index contributed by atoms with van der Waals surface area (Å²) in [7, 11) is 0. The second-order valence-corrected chi connectivity index (χ2v) is 5.78. The lowest BCUT2D eigenvalue weighted by Crippen LogP contribution is -1.84. The van der Waals surface area contributed by atoms with Gasteiger partial charge in [-0.3, -0.25) is 0 Å². The molecule has 0 saturated heterocycles. The Labute approximate surface area is 131 Å². The van der Waals surface area contributed by atoms with Crippen LogP contribution in [0.15, 0.2) is 48.5 Å². The lowest BCUT2D eigenvalue weighted by molar-refractivity contribution is 0.717.